The van der Waals surface area contributed by atoms with Crippen LogP contribution in [0.25, 0.3) is 0 Å². The molecule has 0 aromatic heterocycles. The minimum Gasteiger partial charge on any atom is -0.393 e. The van der Waals surface area contributed by atoms with E-state index in [1.54, 1.807) is 0 Å². The Balaban J connectivity index is 3.68. The van der Waals surface area contributed by atoms with E-state index in [9.17, 15) is 4.79 Å². The average Bonchev–Trinajstić information content (AvgIpc) is 1.87. The van der Waals surface area contributed by atoms with Gasteiger partial charge in [0.05, 0.1) is 6.10 Å². The number of carbonyl (C=O) groups is 1. The van der Waals surface area contributed by atoms with Crippen LogP contribution < -0.4 is 5.73 Å². The summed E-state index contributed by atoms with van der Waals surface area (Å²) in [5.41, 5.74) is 5.18. The lowest BCUT2D eigenvalue weighted by molar-refractivity contribution is -0.114. The molecule has 1 atom stereocenters. The van der Waals surface area contributed by atoms with E-state index in [0.29, 0.717) is 6.42 Å². The Morgan fingerprint density at radius 1 is 1.80 bits per heavy atom. The van der Waals surface area contributed by atoms with Crippen LogP contribution in [0.1, 0.15) is 19.8 Å². The lowest BCUT2D eigenvalue weighted by atomic mass is 10.1. The van der Waals surface area contributed by atoms with Gasteiger partial charge in [-0.15, -0.1) is 0 Å². The zero-order chi connectivity index (χ0) is 8.15. The fourth-order valence-electron chi connectivity index (χ4n) is 0.529. The summed E-state index contributed by atoms with van der Waals surface area (Å²) in [6, 6.07) is 0. The molecule has 1 unspecified atom stereocenters. The van der Waals surface area contributed by atoms with Crippen LogP contribution in [0.4, 0.5) is 0 Å². The van der Waals surface area contributed by atoms with E-state index in [0.717, 1.165) is 0 Å². The van der Waals surface area contributed by atoms with Gasteiger partial charge in [0.25, 0.3) is 0 Å². The Labute approximate surface area is 60.5 Å². The Morgan fingerprint density at radius 2 is 2.30 bits per heavy atom. The maximum Gasteiger partial charge on any atom is 0.244 e. The number of primary amides is 1. The number of nitrogens with two attached hydrogens (primary N) is 1. The molecular formula is C7H13NO2. The van der Waals surface area contributed by atoms with E-state index in [4.69, 9.17) is 10.8 Å². The van der Waals surface area contributed by atoms with E-state index in [1.807, 2.05) is 6.92 Å². The van der Waals surface area contributed by atoms with Gasteiger partial charge >= 0.3 is 0 Å². The number of aliphatic hydroxyl groups excluding tert-OH is 1. The standard InChI is InChI=1S/C7H13NO2/c1-3-6(9)4-5(2)7(8)10/h6,9H,2-4H2,1H3,(H2,8,10). The van der Waals surface area contributed by atoms with E-state index >= 15 is 0 Å². The predicted molar refractivity (Wildman–Crippen MR) is 39.2 cm³/mol. The van der Waals surface area contributed by atoms with Crippen molar-refractivity contribution in [3.63, 3.8) is 0 Å². The van der Waals surface area contributed by atoms with Gasteiger partial charge < -0.3 is 10.8 Å². The Bertz CT molecular complexity index is 143. The first-order chi connectivity index (χ1) is 4.57. The summed E-state index contributed by atoms with van der Waals surface area (Å²) in [5, 5.41) is 9.01. The van der Waals surface area contributed by atoms with E-state index in [-0.39, 0.29) is 12.0 Å². The van der Waals surface area contributed by atoms with Gasteiger partial charge in [0, 0.05) is 12.0 Å². The molecule has 3 heteroatoms. The minimum atomic E-state index is -0.535. The second-order valence-corrected chi connectivity index (χ2v) is 2.23. The average molecular weight is 143 g/mol. The van der Waals surface area contributed by atoms with Crippen molar-refractivity contribution in [3.05, 3.63) is 12.2 Å². The molecule has 0 radical (unpaired) electrons. The van der Waals surface area contributed by atoms with Crippen LogP contribution in [0.3, 0.4) is 0 Å². The summed E-state index contributed by atoms with van der Waals surface area (Å²) in [7, 11) is 0. The number of aliphatic hydroxyl groups is 1. The molecule has 0 aromatic rings. The summed E-state index contributed by atoms with van der Waals surface area (Å²) in [5.74, 6) is -0.535. The van der Waals surface area contributed by atoms with Crippen molar-refractivity contribution in [1.29, 1.82) is 0 Å². The maximum atomic E-state index is 10.4. The normalized spacial score (nSPS) is 12.6. The van der Waals surface area contributed by atoms with E-state index in [1.165, 1.54) is 0 Å². The zero-order valence-corrected chi connectivity index (χ0v) is 6.13. The highest BCUT2D eigenvalue weighted by Gasteiger charge is 2.06. The van der Waals surface area contributed by atoms with Gasteiger partial charge in [-0.05, 0) is 6.42 Å². The lowest BCUT2D eigenvalue weighted by Crippen LogP contribution is -2.17. The van der Waals surface area contributed by atoms with Crippen molar-refractivity contribution in [1.82, 2.24) is 0 Å². The largest absolute Gasteiger partial charge is 0.393 e. The third kappa shape index (κ3) is 3.25. The fraction of sp³-hybridized carbons (Fsp3) is 0.571. The molecule has 0 aliphatic rings. The van der Waals surface area contributed by atoms with Gasteiger partial charge in [-0.3, -0.25) is 4.79 Å². The number of hydrogen-bond donors (Lipinski definition) is 2. The minimum absolute atomic E-state index is 0.284. The van der Waals surface area contributed by atoms with Crippen molar-refractivity contribution >= 4 is 5.91 Å². The molecule has 58 valence electrons. The SMILES string of the molecule is C=C(CC(O)CC)C(N)=O. The summed E-state index contributed by atoms with van der Waals surface area (Å²) >= 11 is 0. The van der Waals surface area contributed by atoms with Crippen LogP contribution in [0.2, 0.25) is 0 Å². The Kier molecular flexibility index (Phi) is 3.72. The van der Waals surface area contributed by atoms with Crippen LogP contribution >= 0.6 is 0 Å². The molecule has 3 nitrogen and oxygen atoms in total. The van der Waals surface area contributed by atoms with Gasteiger partial charge in [-0.1, -0.05) is 13.5 Å². The van der Waals surface area contributed by atoms with Gasteiger partial charge in [0.2, 0.25) is 5.91 Å². The van der Waals surface area contributed by atoms with Gasteiger partial charge in [-0.25, -0.2) is 0 Å². The summed E-state index contributed by atoms with van der Waals surface area (Å²) in [6.07, 6.45) is 0.415. The summed E-state index contributed by atoms with van der Waals surface area (Å²) in [6.45, 7) is 5.24. The second kappa shape index (κ2) is 4.06. The molecule has 0 aromatic carbocycles. The monoisotopic (exact) mass is 143 g/mol. The number of carbonyl (C=O) groups excluding carboxylic acids is 1. The van der Waals surface area contributed by atoms with E-state index in [2.05, 4.69) is 6.58 Å². The van der Waals surface area contributed by atoms with Crippen molar-refractivity contribution in [2.45, 2.75) is 25.9 Å². The Morgan fingerprint density at radius 3 is 2.60 bits per heavy atom. The molecule has 3 N–H and O–H groups in total. The lowest BCUT2D eigenvalue weighted by Gasteiger charge is -2.06. The molecule has 0 saturated carbocycles. The topological polar surface area (TPSA) is 63.3 Å². The number of hydrogen-bond acceptors (Lipinski definition) is 2. The first-order valence-corrected chi connectivity index (χ1v) is 3.23. The molecule has 0 aliphatic heterocycles. The first kappa shape index (κ1) is 9.17. The summed E-state index contributed by atoms with van der Waals surface area (Å²) < 4.78 is 0. The summed E-state index contributed by atoms with van der Waals surface area (Å²) in [4.78, 5) is 10.4. The maximum absolute atomic E-state index is 10.4. The molecular weight excluding hydrogens is 130 g/mol. The van der Waals surface area contributed by atoms with Crippen LogP contribution in [0.15, 0.2) is 12.2 Å². The van der Waals surface area contributed by atoms with Crippen molar-refractivity contribution in [2.24, 2.45) is 5.73 Å². The zero-order valence-electron chi connectivity index (χ0n) is 6.13. The van der Waals surface area contributed by atoms with Gasteiger partial charge in [0.15, 0.2) is 0 Å². The molecule has 0 fully saturated rings. The van der Waals surface area contributed by atoms with Crippen molar-refractivity contribution in [3.8, 4) is 0 Å². The smallest absolute Gasteiger partial charge is 0.244 e. The Hall–Kier alpha value is -0.830. The highest BCUT2D eigenvalue weighted by molar-refractivity contribution is 5.91. The molecule has 0 rings (SSSR count). The van der Waals surface area contributed by atoms with Crippen molar-refractivity contribution < 1.29 is 9.90 Å². The van der Waals surface area contributed by atoms with Crippen LogP contribution in [-0.2, 0) is 4.79 Å². The van der Waals surface area contributed by atoms with Crippen LogP contribution in [0.5, 0.6) is 0 Å². The first-order valence-electron chi connectivity index (χ1n) is 3.23. The molecule has 1 amide bonds. The molecule has 0 spiro atoms. The predicted octanol–water partition coefficient (Wildman–Crippen LogP) is 0.189. The third-order valence-electron chi connectivity index (χ3n) is 1.30. The van der Waals surface area contributed by atoms with Gasteiger partial charge in [-0.2, -0.15) is 0 Å². The molecule has 10 heavy (non-hydrogen) atoms. The van der Waals surface area contributed by atoms with E-state index < -0.39 is 12.0 Å². The molecule has 0 saturated heterocycles. The second-order valence-electron chi connectivity index (χ2n) is 2.23. The molecule has 0 heterocycles. The number of rotatable bonds is 4. The fourth-order valence-corrected chi connectivity index (χ4v) is 0.529. The molecule has 0 bridgehead atoms. The van der Waals surface area contributed by atoms with Crippen LogP contribution in [0, 0.1) is 0 Å². The quantitative estimate of drug-likeness (QED) is 0.552. The highest BCUT2D eigenvalue weighted by atomic mass is 16.3. The van der Waals surface area contributed by atoms with Gasteiger partial charge in [0.1, 0.15) is 0 Å². The highest BCUT2D eigenvalue weighted by Crippen LogP contribution is 2.04. The molecule has 0 aliphatic carbocycles. The van der Waals surface area contributed by atoms with Crippen molar-refractivity contribution in [2.75, 3.05) is 0 Å². The van der Waals surface area contributed by atoms with Crippen LogP contribution in [-0.4, -0.2) is 17.1 Å². The number of amides is 1. The third-order valence-corrected chi connectivity index (χ3v) is 1.30.